The maximum Gasteiger partial charge on any atom is 0.242 e. The molecule has 0 spiro atoms. The molecule has 0 aromatic heterocycles. The van der Waals surface area contributed by atoms with Crippen LogP contribution in [0.3, 0.4) is 0 Å². The fourth-order valence-corrected chi connectivity index (χ4v) is 5.11. The topological polar surface area (TPSA) is 86.8 Å². The number of carbonyl (C=O) groups is 2. The van der Waals surface area contributed by atoms with Crippen LogP contribution >= 0.6 is 0 Å². The molecule has 34 heavy (non-hydrogen) atoms. The maximum absolute atomic E-state index is 13.2. The van der Waals surface area contributed by atoms with Crippen molar-refractivity contribution in [1.82, 2.24) is 10.2 Å². The molecule has 0 bridgehead atoms. The Kier molecular flexibility index (Phi) is 10.1. The number of amides is 2. The van der Waals surface area contributed by atoms with E-state index >= 15 is 0 Å². The molecule has 2 amide bonds. The minimum absolute atomic E-state index is 0.152. The fourth-order valence-electron chi connectivity index (χ4n) is 4.16. The summed E-state index contributed by atoms with van der Waals surface area (Å²) in [5.74, 6) is -0.350. The van der Waals surface area contributed by atoms with Crippen molar-refractivity contribution in [3.8, 4) is 0 Å². The zero-order valence-corrected chi connectivity index (χ0v) is 21.7. The summed E-state index contributed by atoms with van der Waals surface area (Å²) < 4.78 is 26.3. The lowest BCUT2D eigenvalue weighted by atomic mass is 10.1. The number of nitrogens with zero attached hydrogens (tertiary/aromatic N) is 2. The lowest BCUT2D eigenvalue weighted by Crippen LogP contribution is -2.49. The van der Waals surface area contributed by atoms with E-state index in [1.54, 1.807) is 11.9 Å². The first-order valence-corrected chi connectivity index (χ1v) is 13.5. The number of benzene rings is 2. The Morgan fingerprint density at radius 3 is 2.15 bits per heavy atom. The molecule has 1 N–H and O–H groups in total. The van der Waals surface area contributed by atoms with Crippen molar-refractivity contribution in [2.24, 2.45) is 0 Å². The largest absolute Gasteiger partial charge is 0.357 e. The molecule has 0 aliphatic heterocycles. The molecule has 0 radical (unpaired) electrons. The van der Waals surface area contributed by atoms with Gasteiger partial charge in [-0.25, -0.2) is 8.42 Å². The van der Waals surface area contributed by atoms with Crippen molar-refractivity contribution in [3.05, 3.63) is 65.2 Å². The van der Waals surface area contributed by atoms with E-state index in [9.17, 15) is 18.0 Å². The summed E-state index contributed by atoms with van der Waals surface area (Å²) in [5, 5.41) is 2.66. The molecular weight excluding hydrogens is 450 g/mol. The normalized spacial score (nSPS) is 12.1. The minimum atomic E-state index is -3.51. The van der Waals surface area contributed by atoms with Gasteiger partial charge in [0.2, 0.25) is 21.8 Å². The van der Waals surface area contributed by atoms with Gasteiger partial charge in [0.05, 0.1) is 11.9 Å². The summed E-state index contributed by atoms with van der Waals surface area (Å²) in [7, 11) is -1.94. The number of aryl methyl sites for hydroxylation is 2. The highest BCUT2D eigenvalue weighted by Gasteiger charge is 2.28. The fraction of sp³-hybridized carbons (Fsp3) is 0.462. The summed E-state index contributed by atoms with van der Waals surface area (Å²) in [6, 6.07) is 14.9. The predicted octanol–water partition coefficient (Wildman–Crippen LogP) is 3.45. The van der Waals surface area contributed by atoms with E-state index in [-0.39, 0.29) is 24.8 Å². The SMILES string of the molecule is CC[C@@H](C(=O)NC)N(CCc1ccccc1)C(=O)CCCN(c1cc(C)cc(C)c1)S(C)(=O)=O. The summed E-state index contributed by atoms with van der Waals surface area (Å²) >= 11 is 0. The highest BCUT2D eigenvalue weighted by Crippen LogP contribution is 2.22. The molecule has 0 saturated heterocycles. The second-order valence-electron chi connectivity index (χ2n) is 8.65. The molecule has 186 valence electrons. The van der Waals surface area contributed by atoms with Crippen LogP contribution in [0.1, 0.15) is 42.9 Å². The van der Waals surface area contributed by atoms with Crippen molar-refractivity contribution in [1.29, 1.82) is 0 Å². The second-order valence-corrected chi connectivity index (χ2v) is 10.6. The molecule has 0 unspecified atom stereocenters. The summed E-state index contributed by atoms with van der Waals surface area (Å²) in [6.07, 6.45) is 2.82. The average molecular weight is 488 g/mol. The Hall–Kier alpha value is -2.87. The lowest BCUT2D eigenvalue weighted by Gasteiger charge is -2.30. The molecule has 8 heteroatoms. The van der Waals surface area contributed by atoms with Crippen LogP contribution in [-0.2, 0) is 26.0 Å². The third-order valence-electron chi connectivity index (χ3n) is 5.76. The molecule has 2 aromatic carbocycles. The van der Waals surface area contributed by atoms with E-state index in [4.69, 9.17) is 0 Å². The first-order valence-electron chi connectivity index (χ1n) is 11.7. The molecule has 7 nitrogen and oxygen atoms in total. The van der Waals surface area contributed by atoms with Gasteiger partial charge in [-0.15, -0.1) is 0 Å². The molecule has 0 heterocycles. The van der Waals surface area contributed by atoms with Gasteiger partial charge in [-0.1, -0.05) is 43.3 Å². The Morgan fingerprint density at radius 1 is 1.00 bits per heavy atom. The van der Waals surface area contributed by atoms with Crippen LogP contribution in [0.15, 0.2) is 48.5 Å². The number of likely N-dealkylation sites (N-methyl/N-ethyl adjacent to an activating group) is 1. The van der Waals surface area contributed by atoms with E-state index in [0.717, 1.165) is 16.7 Å². The highest BCUT2D eigenvalue weighted by atomic mass is 32.2. The number of hydrogen-bond donors (Lipinski definition) is 1. The van der Waals surface area contributed by atoms with Gasteiger partial charge in [0.25, 0.3) is 0 Å². The number of sulfonamides is 1. The van der Waals surface area contributed by atoms with Gasteiger partial charge in [0.15, 0.2) is 0 Å². The van der Waals surface area contributed by atoms with Crippen LogP contribution in [0, 0.1) is 13.8 Å². The lowest BCUT2D eigenvalue weighted by molar-refractivity contribution is -0.140. The van der Waals surface area contributed by atoms with Crippen molar-refractivity contribution in [2.45, 2.75) is 52.5 Å². The number of carbonyl (C=O) groups excluding carboxylic acids is 2. The first kappa shape index (κ1) is 27.4. The summed E-state index contributed by atoms with van der Waals surface area (Å²) in [6.45, 7) is 6.34. The molecule has 2 aromatic rings. The molecule has 0 fully saturated rings. The Labute approximate surface area is 204 Å². The van der Waals surface area contributed by atoms with E-state index in [2.05, 4.69) is 5.32 Å². The third-order valence-corrected chi connectivity index (χ3v) is 6.96. The third kappa shape index (κ3) is 7.87. The quantitative estimate of drug-likeness (QED) is 0.497. The van der Waals surface area contributed by atoms with Crippen LogP contribution in [0.2, 0.25) is 0 Å². The zero-order chi connectivity index (χ0) is 25.3. The van der Waals surface area contributed by atoms with Crippen molar-refractivity contribution < 1.29 is 18.0 Å². The molecule has 1 atom stereocenters. The smallest absolute Gasteiger partial charge is 0.242 e. The molecule has 0 aliphatic rings. The number of nitrogens with one attached hydrogen (secondary N) is 1. The zero-order valence-electron chi connectivity index (χ0n) is 20.9. The molecule has 2 rings (SSSR count). The average Bonchev–Trinajstić information content (AvgIpc) is 2.78. The molecule has 0 saturated carbocycles. The minimum Gasteiger partial charge on any atom is -0.357 e. The van der Waals surface area contributed by atoms with E-state index in [1.165, 1.54) is 10.6 Å². The Morgan fingerprint density at radius 2 is 1.62 bits per heavy atom. The molecule has 0 aliphatic carbocycles. The van der Waals surface area contributed by atoms with Gasteiger partial charge in [-0.3, -0.25) is 13.9 Å². The first-order chi connectivity index (χ1) is 16.1. The van der Waals surface area contributed by atoms with Gasteiger partial charge in [-0.2, -0.15) is 0 Å². The van der Waals surface area contributed by atoms with E-state index in [1.807, 2.05) is 69.3 Å². The van der Waals surface area contributed by atoms with Gasteiger partial charge in [0, 0.05) is 26.6 Å². The standard InChI is InChI=1S/C26H37N3O4S/c1-6-24(26(31)27-4)28(16-14-22-11-8-7-9-12-22)25(30)13-10-15-29(34(5,32)33)23-18-20(2)17-21(3)19-23/h7-9,11-12,17-19,24H,6,10,13-16H2,1-5H3,(H,27,31)/t24-/m0/s1. The van der Waals surface area contributed by atoms with Gasteiger partial charge >= 0.3 is 0 Å². The van der Waals surface area contributed by atoms with Crippen LogP contribution in [0.5, 0.6) is 0 Å². The van der Waals surface area contributed by atoms with Gasteiger partial charge in [-0.05, 0) is 61.9 Å². The van der Waals surface area contributed by atoms with Crippen LogP contribution in [0.4, 0.5) is 5.69 Å². The van der Waals surface area contributed by atoms with E-state index < -0.39 is 16.1 Å². The second kappa shape index (κ2) is 12.6. The van der Waals surface area contributed by atoms with Gasteiger partial charge < -0.3 is 10.2 Å². The Balaban J connectivity index is 2.15. The highest BCUT2D eigenvalue weighted by molar-refractivity contribution is 7.92. The van der Waals surface area contributed by atoms with Crippen LogP contribution in [0.25, 0.3) is 0 Å². The monoisotopic (exact) mass is 487 g/mol. The number of hydrogen-bond acceptors (Lipinski definition) is 4. The number of rotatable bonds is 12. The van der Waals surface area contributed by atoms with Crippen LogP contribution in [-0.4, -0.2) is 57.6 Å². The van der Waals surface area contributed by atoms with E-state index in [0.29, 0.717) is 31.5 Å². The summed E-state index contributed by atoms with van der Waals surface area (Å²) in [4.78, 5) is 27.3. The van der Waals surface area contributed by atoms with Crippen molar-refractivity contribution in [3.63, 3.8) is 0 Å². The van der Waals surface area contributed by atoms with Crippen molar-refractivity contribution in [2.75, 3.05) is 30.7 Å². The number of anilines is 1. The van der Waals surface area contributed by atoms with Crippen LogP contribution < -0.4 is 9.62 Å². The Bertz CT molecular complexity index is 1050. The maximum atomic E-state index is 13.2. The predicted molar refractivity (Wildman–Crippen MR) is 137 cm³/mol. The molecular formula is C26H37N3O4S. The van der Waals surface area contributed by atoms with Crippen molar-refractivity contribution >= 4 is 27.5 Å². The van der Waals surface area contributed by atoms with Gasteiger partial charge in [0.1, 0.15) is 6.04 Å². The summed E-state index contributed by atoms with van der Waals surface area (Å²) in [5.41, 5.74) is 3.64.